The van der Waals surface area contributed by atoms with Gasteiger partial charge in [0, 0.05) is 40.2 Å². The molecular weight excluding hydrogens is 493 g/mol. The molecule has 1 amide bonds. The highest BCUT2D eigenvalue weighted by molar-refractivity contribution is 6.35. The number of carbonyl (C=O) groups excluding carboxylic acids is 1. The molecule has 0 radical (unpaired) electrons. The molecule has 6 nitrogen and oxygen atoms in total. The number of nitrogens with one attached hydrogen (secondary N) is 2. The lowest BCUT2D eigenvalue weighted by atomic mass is 9.88. The molecule has 0 bridgehead atoms. The van der Waals surface area contributed by atoms with Crippen LogP contribution in [0.15, 0.2) is 47.5 Å². The van der Waals surface area contributed by atoms with Crippen LogP contribution in [0, 0.1) is 0 Å². The van der Waals surface area contributed by atoms with Gasteiger partial charge in [0.1, 0.15) is 0 Å². The average Bonchev–Trinajstić information content (AvgIpc) is 2.85. The van der Waals surface area contributed by atoms with E-state index in [1.165, 1.54) is 32.1 Å². The Kier molecular flexibility index (Phi) is 9.52. The fourth-order valence-electron chi connectivity index (χ4n) is 5.34. The summed E-state index contributed by atoms with van der Waals surface area (Å²) in [6, 6.07) is 14.0. The van der Waals surface area contributed by atoms with Gasteiger partial charge in [-0.15, -0.1) is 0 Å². The van der Waals surface area contributed by atoms with E-state index in [2.05, 4.69) is 10.6 Å². The van der Waals surface area contributed by atoms with Crippen LogP contribution in [-0.2, 0) is 4.79 Å². The summed E-state index contributed by atoms with van der Waals surface area (Å²) in [6.07, 6.45) is 10.7. The summed E-state index contributed by atoms with van der Waals surface area (Å²) < 4.78 is 0. The molecule has 0 saturated heterocycles. The second kappa shape index (κ2) is 12.8. The highest BCUT2D eigenvalue weighted by Crippen LogP contribution is 2.35. The van der Waals surface area contributed by atoms with E-state index >= 15 is 0 Å². The highest BCUT2D eigenvalue weighted by Gasteiger charge is 2.24. The zero-order chi connectivity index (χ0) is 25.5. The van der Waals surface area contributed by atoms with E-state index in [0.717, 1.165) is 48.5 Å². The van der Waals surface area contributed by atoms with E-state index in [0.29, 0.717) is 16.1 Å². The Morgan fingerprint density at radius 3 is 2.33 bits per heavy atom. The van der Waals surface area contributed by atoms with Crippen molar-refractivity contribution in [3.05, 3.63) is 63.6 Å². The normalized spacial score (nSPS) is 22.1. The van der Waals surface area contributed by atoms with Crippen LogP contribution in [0.2, 0.25) is 10.0 Å². The Hall–Kier alpha value is -2.28. The zero-order valence-corrected chi connectivity index (χ0v) is 22.2. The summed E-state index contributed by atoms with van der Waals surface area (Å²) in [5.41, 5.74) is 14.7. The van der Waals surface area contributed by atoms with Crippen LogP contribution >= 0.6 is 23.2 Å². The molecule has 0 spiro atoms. The second-order valence-corrected chi connectivity index (χ2v) is 11.0. The quantitative estimate of drug-likeness (QED) is 0.262. The van der Waals surface area contributed by atoms with Crippen LogP contribution < -0.4 is 22.1 Å². The van der Waals surface area contributed by atoms with Gasteiger partial charge >= 0.3 is 0 Å². The molecule has 4 rings (SSSR count). The van der Waals surface area contributed by atoms with Gasteiger partial charge in [-0.2, -0.15) is 0 Å². The fraction of sp³-hybridized carbons (Fsp3) is 0.500. The number of nitrogens with zero attached hydrogens (tertiary/aromatic N) is 1. The molecule has 36 heavy (non-hydrogen) atoms. The maximum Gasteiger partial charge on any atom is 0.218 e. The summed E-state index contributed by atoms with van der Waals surface area (Å²) >= 11 is 12.6. The van der Waals surface area contributed by atoms with Crippen molar-refractivity contribution >= 4 is 40.8 Å². The third kappa shape index (κ3) is 7.37. The maximum atomic E-state index is 11.9. The summed E-state index contributed by atoms with van der Waals surface area (Å²) in [4.78, 5) is 16.9. The SMILES string of the molecule is NC(=O)CC(c1ccc(NC(=N[C@H]2CCCC[C@H]2N)NC2CCCCC2)cc1)c1ccc(Cl)cc1Cl. The average molecular weight is 531 g/mol. The molecule has 2 aliphatic carbocycles. The van der Waals surface area contributed by atoms with E-state index in [1.807, 2.05) is 30.3 Å². The van der Waals surface area contributed by atoms with Gasteiger partial charge in [-0.25, -0.2) is 4.99 Å². The van der Waals surface area contributed by atoms with Crippen LogP contribution in [0.5, 0.6) is 0 Å². The largest absolute Gasteiger partial charge is 0.370 e. The van der Waals surface area contributed by atoms with E-state index in [4.69, 9.17) is 39.7 Å². The van der Waals surface area contributed by atoms with Crippen LogP contribution in [0.25, 0.3) is 0 Å². The first-order valence-electron chi connectivity index (χ1n) is 13.1. The lowest BCUT2D eigenvalue weighted by Gasteiger charge is -2.29. The van der Waals surface area contributed by atoms with Gasteiger partial charge in [-0.1, -0.05) is 73.5 Å². The number of benzene rings is 2. The second-order valence-electron chi connectivity index (χ2n) is 10.1. The summed E-state index contributed by atoms with van der Waals surface area (Å²) in [5, 5.41) is 8.25. The number of hydrogen-bond donors (Lipinski definition) is 4. The Bertz CT molecular complexity index is 1050. The number of nitrogens with two attached hydrogens (primary N) is 2. The lowest BCUT2D eigenvalue weighted by Crippen LogP contribution is -2.44. The number of halogens is 2. The van der Waals surface area contributed by atoms with E-state index < -0.39 is 0 Å². The molecule has 2 aromatic rings. The molecule has 1 unspecified atom stereocenters. The minimum atomic E-state index is -0.386. The molecule has 8 heteroatoms. The number of amides is 1. The van der Waals surface area contributed by atoms with E-state index in [1.54, 1.807) is 12.1 Å². The van der Waals surface area contributed by atoms with Crippen molar-refractivity contribution in [2.75, 3.05) is 5.32 Å². The van der Waals surface area contributed by atoms with Gasteiger partial charge in [0.15, 0.2) is 5.96 Å². The maximum absolute atomic E-state index is 11.9. The number of carbonyl (C=O) groups is 1. The zero-order valence-electron chi connectivity index (χ0n) is 20.7. The third-order valence-electron chi connectivity index (χ3n) is 7.34. The Labute approximate surface area is 224 Å². The van der Waals surface area contributed by atoms with Crippen molar-refractivity contribution in [1.29, 1.82) is 0 Å². The molecular formula is C28H37Cl2N5O. The minimum Gasteiger partial charge on any atom is -0.370 e. The predicted molar refractivity (Wildman–Crippen MR) is 150 cm³/mol. The Morgan fingerprint density at radius 1 is 0.972 bits per heavy atom. The van der Waals surface area contributed by atoms with Gasteiger partial charge in [0.2, 0.25) is 5.91 Å². The Balaban J connectivity index is 1.54. The van der Waals surface area contributed by atoms with Crippen molar-refractivity contribution in [3.8, 4) is 0 Å². The van der Waals surface area contributed by atoms with Crippen LogP contribution in [0.1, 0.15) is 81.3 Å². The number of guanidine groups is 1. The summed E-state index contributed by atoms with van der Waals surface area (Å²) in [5.74, 6) is 0.157. The van der Waals surface area contributed by atoms with Gasteiger partial charge in [0.25, 0.3) is 0 Å². The molecule has 6 N–H and O–H groups in total. The molecule has 0 aromatic heterocycles. The first-order valence-corrected chi connectivity index (χ1v) is 13.8. The van der Waals surface area contributed by atoms with Crippen molar-refractivity contribution in [1.82, 2.24) is 5.32 Å². The van der Waals surface area contributed by atoms with Crippen molar-refractivity contribution in [3.63, 3.8) is 0 Å². The highest BCUT2D eigenvalue weighted by atomic mass is 35.5. The lowest BCUT2D eigenvalue weighted by molar-refractivity contribution is -0.118. The topological polar surface area (TPSA) is 106 Å². The molecule has 2 saturated carbocycles. The molecule has 2 aromatic carbocycles. The van der Waals surface area contributed by atoms with Crippen molar-refractivity contribution in [2.45, 2.75) is 88.3 Å². The van der Waals surface area contributed by atoms with Gasteiger partial charge in [-0.3, -0.25) is 4.79 Å². The van der Waals surface area contributed by atoms with Crippen molar-refractivity contribution in [2.24, 2.45) is 16.5 Å². The molecule has 0 aliphatic heterocycles. The standard InChI is InChI=1S/C28H37Cl2N5O/c29-19-12-15-22(24(30)16-19)23(17-27(32)36)18-10-13-21(14-11-18)34-28(33-20-6-2-1-3-7-20)35-26-9-5-4-8-25(26)31/h10-16,20,23,25-26H,1-9,17,31H2,(H2,32,36)(H2,33,34,35)/t23?,25-,26+/m1/s1. The summed E-state index contributed by atoms with van der Waals surface area (Å²) in [7, 11) is 0. The first-order chi connectivity index (χ1) is 17.4. The number of hydrogen-bond acceptors (Lipinski definition) is 3. The third-order valence-corrected chi connectivity index (χ3v) is 7.90. The number of rotatable bonds is 7. The molecule has 0 heterocycles. The number of aliphatic imine (C=N–C) groups is 1. The molecule has 3 atom stereocenters. The summed E-state index contributed by atoms with van der Waals surface area (Å²) in [6.45, 7) is 0. The number of anilines is 1. The van der Waals surface area contributed by atoms with E-state index in [9.17, 15) is 4.79 Å². The molecule has 194 valence electrons. The first kappa shape index (κ1) is 26.8. The van der Waals surface area contributed by atoms with E-state index in [-0.39, 0.29) is 30.3 Å². The number of primary amides is 1. The minimum absolute atomic E-state index is 0.102. The van der Waals surface area contributed by atoms with Gasteiger partial charge in [0.05, 0.1) is 6.04 Å². The van der Waals surface area contributed by atoms with Crippen LogP contribution in [-0.4, -0.2) is 30.0 Å². The van der Waals surface area contributed by atoms with Crippen LogP contribution in [0.4, 0.5) is 5.69 Å². The molecule has 2 aliphatic rings. The van der Waals surface area contributed by atoms with Crippen LogP contribution in [0.3, 0.4) is 0 Å². The molecule has 2 fully saturated rings. The fourth-order valence-corrected chi connectivity index (χ4v) is 5.88. The van der Waals surface area contributed by atoms with Gasteiger partial charge in [-0.05, 0) is 61.1 Å². The predicted octanol–water partition coefficient (Wildman–Crippen LogP) is 5.96. The monoisotopic (exact) mass is 529 g/mol. The smallest absolute Gasteiger partial charge is 0.218 e. The Morgan fingerprint density at radius 2 is 1.67 bits per heavy atom. The van der Waals surface area contributed by atoms with Crippen molar-refractivity contribution < 1.29 is 4.79 Å². The van der Waals surface area contributed by atoms with Gasteiger partial charge < -0.3 is 22.1 Å².